The van der Waals surface area contributed by atoms with E-state index in [9.17, 15) is 0 Å². The molecule has 0 rings (SSSR count). The highest BCUT2D eigenvalue weighted by molar-refractivity contribution is 6.17. The number of rotatable bonds is 5. The maximum absolute atomic E-state index is 4.61. The molecule has 0 aromatic heterocycles. The standard InChI is InChI=1S/C6H15N.C2H8O2Si/c1-4-7(5-2)6-3;1-3-5-4-2/h4-6H2,1-3H3;5H2,1-2H3. The maximum atomic E-state index is 4.61. The van der Waals surface area contributed by atoms with Gasteiger partial charge < -0.3 is 13.8 Å². The maximum Gasteiger partial charge on any atom is 0.303 e. The van der Waals surface area contributed by atoms with Gasteiger partial charge in [0.05, 0.1) is 0 Å². The molecule has 0 aliphatic carbocycles. The monoisotopic (exact) mass is 193 g/mol. The van der Waals surface area contributed by atoms with Crippen LogP contribution in [-0.4, -0.2) is 48.8 Å². The van der Waals surface area contributed by atoms with Crippen LogP contribution < -0.4 is 0 Å². The first kappa shape index (κ1) is 14.6. The first-order valence-electron chi connectivity index (χ1n) is 4.46. The van der Waals surface area contributed by atoms with Crippen molar-refractivity contribution in [2.45, 2.75) is 20.8 Å². The first-order valence-corrected chi connectivity index (χ1v) is 5.62. The number of nitrogens with zero attached hydrogens (tertiary/aromatic N) is 1. The summed E-state index contributed by atoms with van der Waals surface area (Å²) in [4.78, 5) is 2.38. The van der Waals surface area contributed by atoms with Gasteiger partial charge >= 0.3 is 10.0 Å². The molecule has 0 aliphatic rings. The predicted octanol–water partition coefficient (Wildman–Crippen LogP) is 0.626. The average Bonchev–Trinajstić information content (AvgIpc) is 2.10. The van der Waals surface area contributed by atoms with Gasteiger partial charge in [0.2, 0.25) is 0 Å². The summed E-state index contributed by atoms with van der Waals surface area (Å²) in [7, 11) is 2.73. The number of hydrogen-bond acceptors (Lipinski definition) is 3. The third kappa shape index (κ3) is 12.7. The Labute approximate surface area is 79.1 Å². The van der Waals surface area contributed by atoms with E-state index in [0.29, 0.717) is 0 Å². The molecule has 0 heterocycles. The van der Waals surface area contributed by atoms with Gasteiger partial charge in [-0.15, -0.1) is 0 Å². The molecule has 12 heavy (non-hydrogen) atoms. The van der Waals surface area contributed by atoms with Crippen molar-refractivity contribution in [3.05, 3.63) is 0 Å². The van der Waals surface area contributed by atoms with E-state index in [1.54, 1.807) is 14.2 Å². The van der Waals surface area contributed by atoms with Gasteiger partial charge in [0.25, 0.3) is 0 Å². The van der Waals surface area contributed by atoms with Crippen LogP contribution in [0, 0.1) is 0 Å². The minimum absolute atomic E-state index is 0.568. The van der Waals surface area contributed by atoms with Crippen LogP contribution in [0.5, 0.6) is 0 Å². The molecule has 4 heteroatoms. The summed E-state index contributed by atoms with van der Waals surface area (Å²) in [6, 6.07) is 0. The molecule has 0 aliphatic heterocycles. The van der Waals surface area contributed by atoms with Crippen LogP contribution in [0.2, 0.25) is 0 Å². The van der Waals surface area contributed by atoms with Crippen LogP contribution in [-0.2, 0) is 8.85 Å². The fourth-order valence-electron chi connectivity index (χ4n) is 0.789. The molecule has 0 fully saturated rings. The van der Waals surface area contributed by atoms with Crippen LogP contribution in [0.4, 0.5) is 0 Å². The van der Waals surface area contributed by atoms with E-state index in [1.807, 2.05) is 0 Å². The van der Waals surface area contributed by atoms with Crippen molar-refractivity contribution in [1.82, 2.24) is 4.90 Å². The Bertz CT molecular complexity index is 62.6. The molecule has 0 atom stereocenters. The topological polar surface area (TPSA) is 21.7 Å². The summed E-state index contributed by atoms with van der Waals surface area (Å²) < 4.78 is 9.22. The lowest BCUT2D eigenvalue weighted by atomic mass is 10.5. The Balaban J connectivity index is 0. The van der Waals surface area contributed by atoms with E-state index in [1.165, 1.54) is 19.6 Å². The van der Waals surface area contributed by atoms with Gasteiger partial charge in [0.15, 0.2) is 0 Å². The summed E-state index contributed by atoms with van der Waals surface area (Å²) in [5, 5.41) is 0. The molecular weight excluding hydrogens is 170 g/mol. The molecule has 0 N–H and O–H groups in total. The lowest BCUT2D eigenvalue weighted by molar-refractivity contribution is 0.309. The summed E-state index contributed by atoms with van der Waals surface area (Å²) in [5.41, 5.74) is 0. The van der Waals surface area contributed by atoms with Gasteiger partial charge in [-0.05, 0) is 19.6 Å². The minimum Gasteiger partial charge on any atom is -0.402 e. The summed E-state index contributed by atoms with van der Waals surface area (Å²) >= 11 is 0. The van der Waals surface area contributed by atoms with Crippen molar-refractivity contribution < 1.29 is 8.85 Å². The van der Waals surface area contributed by atoms with Crippen molar-refractivity contribution in [2.24, 2.45) is 0 Å². The van der Waals surface area contributed by atoms with Crippen LogP contribution >= 0.6 is 0 Å². The molecular formula is C8H23NO2Si. The summed E-state index contributed by atoms with van der Waals surface area (Å²) in [5.74, 6) is 0. The SMILES string of the molecule is CCN(CC)CC.CO[SiH2]OC. The van der Waals surface area contributed by atoms with E-state index in [-0.39, 0.29) is 0 Å². The highest BCUT2D eigenvalue weighted by Gasteiger charge is 1.89. The molecule has 0 saturated carbocycles. The molecule has 0 aromatic rings. The average molecular weight is 193 g/mol. The van der Waals surface area contributed by atoms with Gasteiger partial charge in [-0.1, -0.05) is 20.8 Å². The van der Waals surface area contributed by atoms with Gasteiger partial charge in [-0.25, -0.2) is 0 Å². The van der Waals surface area contributed by atoms with Crippen LogP contribution in [0.1, 0.15) is 20.8 Å². The Morgan fingerprint density at radius 2 is 1.25 bits per heavy atom. The quantitative estimate of drug-likeness (QED) is 0.598. The zero-order chi connectivity index (χ0) is 9.82. The van der Waals surface area contributed by atoms with Crippen molar-refractivity contribution in [1.29, 1.82) is 0 Å². The van der Waals surface area contributed by atoms with Crippen LogP contribution in [0.25, 0.3) is 0 Å². The van der Waals surface area contributed by atoms with Crippen molar-refractivity contribution >= 4 is 10.0 Å². The molecule has 0 saturated heterocycles. The second-order valence-electron chi connectivity index (χ2n) is 2.31. The third-order valence-corrected chi connectivity index (χ3v) is 2.05. The van der Waals surface area contributed by atoms with Crippen LogP contribution in [0.15, 0.2) is 0 Å². The lowest BCUT2D eigenvalue weighted by Gasteiger charge is -2.13. The van der Waals surface area contributed by atoms with E-state index in [4.69, 9.17) is 0 Å². The fourth-order valence-corrected chi connectivity index (χ4v) is 1.02. The van der Waals surface area contributed by atoms with Crippen molar-refractivity contribution in [3.8, 4) is 0 Å². The van der Waals surface area contributed by atoms with Gasteiger partial charge in [0.1, 0.15) is 0 Å². The van der Waals surface area contributed by atoms with Gasteiger partial charge in [-0.2, -0.15) is 0 Å². The van der Waals surface area contributed by atoms with Crippen molar-refractivity contribution in [3.63, 3.8) is 0 Å². The first-order chi connectivity index (χ1) is 5.76. The zero-order valence-corrected chi connectivity index (χ0v) is 10.5. The zero-order valence-electron chi connectivity index (χ0n) is 9.09. The third-order valence-electron chi connectivity index (χ3n) is 1.58. The molecule has 0 spiro atoms. The molecule has 0 amide bonds. The Morgan fingerprint density at radius 1 is 0.917 bits per heavy atom. The molecule has 0 radical (unpaired) electrons. The smallest absolute Gasteiger partial charge is 0.303 e. The van der Waals surface area contributed by atoms with E-state index in [2.05, 4.69) is 34.5 Å². The predicted molar refractivity (Wildman–Crippen MR) is 56.0 cm³/mol. The Hall–Kier alpha value is 0.0969. The van der Waals surface area contributed by atoms with E-state index in [0.717, 1.165) is 0 Å². The molecule has 76 valence electrons. The van der Waals surface area contributed by atoms with Gasteiger partial charge in [-0.3, -0.25) is 0 Å². The van der Waals surface area contributed by atoms with E-state index < -0.39 is 10.0 Å². The summed E-state index contributed by atoms with van der Waals surface area (Å²) in [6.45, 7) is 10.1. The molecule has 0 bridgehead atoms. The largest absolute Gasteiger partial charge is 0.402 e. The second-order valence-corrected chi connectivity index (χ2v) is 3.71. The van der Waals surface area contributed by atoms with Crippen LogP contribution in [0.3, 0.4) is 0 Å². The van der Waals surface area contributed by atoms with Gasteiger partial charge in [0, 0.05) is 14.2 Å². The second kappa shape index (κ2) is 13.7. The Kier molecular flexibility index (Phi) is 16.6. The normalized spacial score (nSPS) is 9.50. The highest BCUT2D eigenvalue weighted by atomic mass is 28.3. The molecule has 3 nitrogen and oxygen atoms in total. The molecule has 0 aromatic carbocycles. The molecule has 0 unspecified atom stereocenters. The van der Waals surface area contributed by atoms with E-state index >= 15 is 0 Å². The Morgan fingerprint density at radius 3 is 1.25 bits per heavy atom. The summed E-state index contributed by atoms with van der Waals surface area (Å²) in [6.07, 6.45) is 0. The van der Waals surface area contributed by atoms with Crippen molar-refractivity contribution in [2.75, 3.05) is 33.9 Å². The lowest BCUT2D eigenvalue weighted by Crippen LogP contribution is -2.21. The number of hydrogen-bond donors (Lipinski definition) is 0. The highest BCUT2D eigenvalue weighted by Crippen LogP contribution is 1.81. The fraction of sp³-hybridized carbons (Fsp3) is 1.00. The minimum atomic E-state index is -0.568.